The molecule has 1 N–H and O–H groups in total. The average molecular weight is 417 g/mol. The van der Waals surface area contributed by atoms with Gasteiger partial charge in [0.1, 0.15) is 0 Å². The lowest BCUT2D eigenvalue weighted by Gasteiger charge is -2.28. The van der Waals surface area contributed by atoms with Gasteiger partial charge in [-0.25, -0.2) is 12.7 Å². The number of benzene rings is 1. The van der Waals surface area contributed by atoms with Crippen molar-refractivity contribution in [2.24, 2.45) is 0 Å². The average Bonchev–Trinajstić information content (AvgIpc) is 3.35. The fourth-order valence-corrected chi connectivity index (χ4v) is 4.49. The van der Waals surface area contributed by atoms with Crippen molar-refractivity contribution in [2.45, 2.75) is 25.3 Å². The number of nitrogens with zero attached hydrogens (tertiary/aromatic N) is 4. The molecule has 9 nitrogen and oxygen atoms in total. The van der Waals surface area contributed by atoms with E-state index >= 15 is 0 Å². The maximum atomic E-state index is 12.7. The van der Waals surface area contributed by atoms with Gasteiger partial charge in [0.15, 0.2) is 5.82 Å². The quantitative estimate of drug-likeness (QED) is 0.679. The fourth-order valence-electron chi connectivity index (χ4n) is 3.62. The third kappa shape index (κ3) is 4.18. The zero-order valence-corrected chi connectivity index (χ0v) is 17.1. The number of fused-ring (bicyclic) bond motifs is 1. The van der Waals surface area contributed by atoms with Crippen molar-refractivity contribution >= 4 is 26.8 Å². The molecule has 10 heteroatoms. The highest BCUT2D eigenvalue weighted by atomic mass is 32.2. The molecular formula is C19H23N5O4S. The van der Waals surface area contributed by atoms with E-state index in [0.29, 0.717) is 43.2 Å². The standard InChI is InChI=1S/C19H23N5O4S/c1-23(19(25)15-4-3-13-5-8-20-16(13)11-15)12-17-21-18(22-28-17)14-6-9-24(10-7-14)29(2,26)27/h3-5,8,11,14,20H,6-7,9-10,12H2,1-2H3. The first-order valence-corrected chi connectivity index (χ1v) is 11.3. The van der Waals surface area contributed by atoms with Crippen LogP contribution in [0.3, 0.4) is 0 Å². The summed E-state index contributed by atoms with van der Waals surface area (Å²) >= 11 is 0. The number of carbonyl (C=O) groups is 1. The molecule has 0 spiro atoms. The lowest BCUT2D eigenvalue weighted by molar-refractivity contribution is 0.0769. The van der Waals surface area contributed by atoms with Gasteiger partial charge in [-0.2, -0.15) is 4.98 Å². The highest BCUT2D eigenvalue weighted by molar-refractivity contribution is 7.88. The van der Waals surface area contributed by atoms with Crippen molar-refractivity contribution < 1.29 is 17.7 Å². The molecule has 4 rings (SSSR count). The predicted molar refractivity (Wildman–Crippen MR) is 107 cm³/mol. The van der Waals surface area contributed by atoms with Gasteiger partial charge >= 0.3 is 0 Å². The Labute approximate surface area is 168 Å². The van der Waals surface area contributed by atoms with Gasteiger partial charge in [0.05, 0.1) is 12.8 Å². The number of hydrogen-bond donors (Lipinski definition) is 1. The van der Waals surface area contributed by atoms with E-state index in [1.807, 2.05) is 24.4 Å². The first-order chi connectivity index (χ1) is 13.8. The molecule has 1 aliphatic rings. The Kier molecular flexibility index (Phi) is 5.13. The number of sulfonamides is 1. The topological polar surface area (TPSA) is 112 Å². The zero-order chi connectivity index (χ0) is 20.6. The Morgan fingerprint density at radius 3 is 2.79 bits per heavy atom. The second kappa shape index (κ2) is 7.60. The van der Waals surface area contributed by atoms with Crippen LogP contribution < -0.4 is 0 Å². The van der Waals surface area contributed by atoms with Crippen LogP contribution in [0.15, 0.2) is 35.0 Å². The number of aromatic nitrogens is 3. The van der Waals surface area contributed by atoms with E-state index < -0.39 is 10.0 Å². The molecule has 0 aliphatic carbocycles. The lowest BCUT2D eigenvalue weighted by Crippen LogP contribution is -2.37. The minimum absolute atomic E-state index is 0.0572. The summed E-state index contributed by atoms with van der Waals surface area (Å²) in [5.74, 6) is 0.855. The summed E-state index contributed by atoms with van der Waals surface area (Å²) in [5, 5.41) is 5.10. The summed E-state index contributed by atoms with van der Waals surface area (Å²) < 4.78 is 30.1. The Bertz CT molecular complexity index is 1130. The number of amides is 1. The van der Waals surface area contributed by atoms with Gasteiger partial charge in [-0.1, -0.05) is 11.2 Å². The molecule has 0 bridgehead atoms. The van der Waals surface area contributed by atoms with Gasteiger partial charge in [0.25, 0.3) is 5.91 Å². The van der Waals surface area contributed by atoms with E-state index in [1.165, 1.54) is 15.5 Å². The molecule has 1 aromatic carbocycles. The van der Waals surface area contributed by atoms with Crippen molar-refractivity contribution in [3.8, 4) is 0 Å². The number of carbonyl (C=O) groups excluding carboxylic acids is 1. The van der Waals surface area contributed by atoms with E-state index in [0.717, 1.165) is 10.9 Å². The number of piperidine rings is 1. The Balaban J connectivity index is 1.39. The lowest BCUT2D eigenvalue weighted by atomic mass is 9.98. The van der Waals surface area contributed by atoms with Crippen LogP contribution in [-0.4, -0.2) is 65.0 Å². The van der Waals surface area contributed by atoms with E-state index in [-0.39, 0.29) is 18.4 Å². The van der Waals surface area contributed by atoms with Crippen molar-refractivity contribution in [1.29, 1.82) is 0 Å². The number of aromatic amines is 1. The summed E-state index contributed by atoms with van der Waals surface area (Å²) in [5.41, 5.74) is 1.49. The molecule has 1 fully saturated rings. The van der Waals surface area contributed by atoms with Gasteiger partial charge in [-0.05, 0) is 36.4 Å². The Hall–Kier alpha value is -2.72. The number of rotatable bonds is 5. The molecule has 154 valence electrons. The molecule has 29 heavy (non-hydrogen) atoms. The van der Waals surface area contributed by atoms with Crippen LogP contribution in [0.2, 0.25) is 0 Å². The van der Waals surface area contributed by atoms with Crippen LogP contribution in [0.25, 0.3) is 10.9 Å². The van der Waals surface area contributed by atoms with Crippen molar-refractivity contribution in [2.75, 3.05) is 26.4 Å². The van der Waals surface area contributed by atoms with Crippen LogP contribution in [0, 0.1) is 0 Å². The summed E-state index contributed by atoms with van der Waals surface area (Å²) in [6, 6.07) is 7.47. The fraction of sp³-hybridized carbons (Fsp3) is 0.421. The van der Waals surface area contributed by atoms with Crippen molar-refractivity contribution in [3.05, 3.63) is 47.7 Å². The summed E-state index contributed by atoms with van der Waals surface area (Å²) in [7, 11) is -1.48. The highest BCUT2D eigenvalue weighted by Gasteiger charge is 2.28. The first-order valence-electron chi connectivity index (χ1n) is 9.41. The second-order valence-corrected chi connectivity index (χ2v) is 9.41. The smallest absolute Gasteiger partial charge is 0.254 e. The maximum absolute atomic E-state index is 12.7. The largest absolute Gasteiger partial charge is 0.361 e. The summed E-state index contributed by atoms with van der Waals surface area (Å²) in [6.07, 6.45) is 4.36. The highest BCUT2D eigenvalue weighted by Crippen LogP contribution is 2.27. The van der Waals surface area contributed by atoms with Crippen LogP contribution in [0.4, 0.5) is 0 Å². The molecule has 1 aliphatic heterocycles. The first kappa shape index (κ1) is 19.6. The van der Waals surface area contributed by atoms with Gasteiger partial charge in [-0.3, -0.25) is 4.79 Å². The Morgan fingerprint density at radius 2 is 2.07 bits per heavy atom. The molecule has 1 amide bonds. The minimum Gasteiger partial charge on any atom is -0.361 e. The minimum atomic E-state index is -3.17. The van der Waals surface area contributed by atoms with Gasteiger partial charge in [-0.15, -0.1) is 0 Å². The van der Waals surface area contributed by atoms with Gasteiger partial charge in [0, 0.05) is 43.3 Å². The predicted octanol–water partition coefficient (Wildman–Crippen LogP) is 1.96. The van der Waals surface area contributed by atoms with Crippen LogP contribution >= 0.6 is 0 Å². The normalized spacial score (nSPS) is 16.3. The molecule has 0 atom stereocenters. The van der Waals surface area contributed by atoms with Gasteiger partial charge in [0.2, 0.25) is 15.9 Å². The van der Waals surface area contributed by atoms with Crippen LogP contribution in [0.5, 0.6) is 0 Å². The van der Waals surface area contributed by atoms with E-state index in [1.54, 1.807) is 13.1 Å². The number of nitrogens with one attached hydrogen (secondary N) is 1. The monoisotopic (exact) mass is 417 g/mol. The molecule has 2 aromatic heterocycles. The molecule has 3 aromatic rings. The number of hydrogen-bond acceptors (Lipinski definition) is 6. The molecular weight excluding hydrogens is 394 g/mol. The van der Waals surface area contributed by atoms with Gasteiger partial charge < -0.3 is 14.4 Å². The van der Waals surface area contributed by atoms with E-state index in [4.69, 9.17) is 4.52 Å². The molecule has 1 saturated heterocycles. The van der Waals surface area contributed by atoms with E-state index in [9.17, 15) is 13.2 Å². The van der Waals surface area contributed by atoms with Crippen LogP contribution in [-0.2, 0) is 16.6 Å². The van der Waals surface area contributed by atoms with Crippen LogP contribution in [0.1, 0.15) is 40.8 Å². The second-order valence-electron chi connectivity index (χ2n) is 7.42. The molecule has 0 saturated carbocycles. The van der Waals surface area contributed by atoms with Crippen molar-refractivity contribution in [3.63, 3.8) is 0 Å². The summed E-state index contributed by atoms with van der Waals surface area (Å²) in [6.45, 7) is 1.11. The molecule has 0 radical (unpaired) electrons. The maximum Gasteiger partial charge on any atom is 0.254 e. The summed E-state index contributed by atoms with van der Waals surface area (Å²) in [4.78, 5) is 21.8. The SMILES string of the molecule is CN(Cc1nc(C2CCN(S(C)(=O)=O)CC2)no1)C(=O)c1ccc2cc[nH]c2c1. The Morgan fingerprint density at radius 1 is 1.31 bits per heavy atom. The number of H-pyrrole nitrogens is 1. The zero-order valence-electron chi connectivity index (χ0n) is 16.3. The molecule has 0 unspecified atom stereocenters. The third-order valence-electron chi connectivity index (χ3n) is 5.29. The van der Waals surface area contributed by atoms with Crippen molar-refractivity contribution in [1.82, 2.24) is 24.3 Å². The third-order valence-corrected chi connectivity index (χ3v) is 6.60. The molecule has 3 heterocycles. The van der Waals surface area contributed by atoms with E-state index in [2.05, 4.69) is 15.1 Å².